The zero-order valence-electron chi connectivity index (χ0n) is 13.8. The molecule has 0 unspecified atom stereocenters. The number of hydrogen-bond donors (Lipinski definition) is 0. The molecule has 0 bridgehead atoms. The second-order valence-electron chi connectivity index (χ2n) is 6.21. The second-order valence-corrected chi connectivity index (χ2v) is 7.10. The Balaban J connectivity index is 1.50. The van der Waals surface area contributed by atoms with Gasteiger partial charge in [-0.3, -0.25) is 4.90 Å². The number of aromatic nitrogens is 4. The van der Waals surface area contributed by atoms with E-state index < -0.39 is 0 Å². The van der Waals surface area contributed by atoms with Gasteiger partial charge >= 0.3 is 0 Å². The molecule has 0 amide bonds. The lowest BCUT2D eigenvalue weighted by Crippen LogP contribution is -2.46. The fourth-order valence-electron chi connectivity index (χ4n) is 3.33. The van der Waals surface area contributed by atoms with Crippen molar-refractivity contribution in [3.8, 4) is 0 Å². The third kappa shape index (κ3) is 2.99. The minimum Gasteiger partial charge on any atom is -0.355 e. The fourth-order valence-corrected chi connectivity index (χ4v) is 4.05. The van der Waals surface area contributed by atoms with Crippen molar-refractivity contribution < 1.29 is 4.52 Å². The van der Waals surface area contributed by atoms with Crippen LogP contribution in [0.25, 0.3) is 10.2 Å². The van der Waals surface area contributed by atoms with Gasteiger partial charge in [-0.1, -0.05) is 5.16 Å². The average Bonchev–Trinajstić information content (AvgIpc) is 3.23. The number of likely N-dealkylation sites (tertiary alicyclic amines) is 1. The Bertz CT molecular complexity index is 831. The molecule has 3 aromatic rings. The summed E-state index contributed by atoms with van der Waals surface area (Å²) in [4.78, 5) is 18.9. The number of rotatable bonds is 4. The second kappa shape index (κ2) is 6.45. The molecule has 4 rings (SSSR count). The Hall–Kier alpha value is -2.06. The van der Waals surface area contributed by atoms with Crippen molar-refractivity contribution in [2.75, 3.05) is 25.0 Å². The van der Waals surface area contributed by atoms with Crippen molar-refractivity contribution in [3.63, 3.8) is 0 Å². The fraction of sp³-hybridized carbons (Fsp3) is 0.500. The van der Waals surface area contributed by atoms with Crippen molar-refractivity contribution in [2.24, 2.45) is 0 Å². The van der Waals surface area contributed by atoms with Crippen molar-refractivity contribution >= 4 is 27.4 Å². The highest BCUT2D eigenvalue weighted by Gasteiger charge is 2.26. The molecule has 0 saturated carbocycles. The average molecular weight is 344 g/mol. The van der Waals surface area contributed by atoms with Crippen molar-refractivity contribution in [1.82, 2.24) is 25.0 Å². The molecule has 0 aromatic carbocycles. The Morgan fingerprint density at radius 2 is 2.33 bits per heavy atom. The number of hydrogen-bond acceptors (Lipinski definition) is 8. The van der Waals surface area contributed by atoms with Gasteiger partial charge in [0.2, 0.25) is 5.89 Å². The van der Waals surface area contributed by atoms with E-state index >= 15 is 0 Å². The summed E-state index contributed by atoms with van der Waals surface area (Å²) >= 11 is 1.66. The summed E-state index contributed by atoms with van der Waals surface area (Å²) in [5.74, 6) is 2.40. The monoisotopic (exact) mass is 344 g/mol. The van der Waals surface area contributed by atoms with Crippen LogP contribution in [0.3, 0.4) is 0 Å². The van der Waals surface area contributed by atoms with Crippen LogP contribution in [0.4, 0.5) is 5.82 Å². The normalized spacial score (nSPS) is 19.0. The molecule has 0 aliphatic carbocycles. The van der Waals surface area contributed by atoms with E-state index in [-0.39, 0.29) is 0 Å². The number of piperidine rings is 1. The summed E-state index contributed by atoms with van der Waals surface area (Å²) in [6.45, 7) is 4.60. The van der Waals surface area contributed by atoms with Gasteiger partial charge in [-0.25, -0.2) is 9.97 Å². The highest BCUT2D eigenvalue weighted by Crippen LogP contribution is 2.29. The standard InChI is InChI=1S/C16H20N6OS/c1-11-19-14(20-23-11)9-22-6-3-4-12(8-22)21(2)15-13-5-7-24-16(13)18-10-17-15/h5,7,10,12H,3-4,6,8-9H2,1-2H3/t12-/m1/s1. The SMILES string of the molecule is Cc1nc(CN2CCC[C@@H](N(C)c3ncnc4sccc34)C2)no1. The molecule has 4 heterocycles. The summed E-state index contributed by atoms with van der Waals surface area (Å²) in [5.41, 5.74) is 0. The van der Waals surface area contributed by atoms with Gasteiger partial charge in [0, 0.05) is 26.6 Å². The van der Waals surface area contributed by atoms with Crippen LogP contribution in [-0.4, -0.2) is 51.2 Å². The summed E-state index contributed by atoms with van der Waals surface area (Å²) in [6.07, 6.45) is 3.98. The quantitative estimate of drug-likeness (QED) is 0.720. The van der Waals surface area contributed by atoms with Crippen LogP contribution in [0, 0.1) is 6.92 Å². The van der Waals surface area contributed by atoms with Gasteiger partial charge in [-0.2, -0.15) is 4.98 Å². The smallest absolute Gasteiger partial charge is 0.223 e. The van der Waals surface area contributed by atoms with Crippen molar-refractivity contribution in [3.05, 3.63) is 29.5 Å². The van der Waals surface area contributed by atoms with E-state index in [1.807, 2.05) is 6.92 Å². The molecule has 1 aliphatic rings. The van der Waals surface area contributed by atoms with Crippen LogP contribution >= 0.6 is 11.3 Å². The zero-order chi connectivity index (χ0) is 16.5. The van der Waals surface area contributed by atoms with E-state index in [0.717, 1.165) is 54.3 Å². The lowest BCUT2D eigenvalue weighted by atomic mass is 10.0. The molecule has 1 saturated heterocycles. The summed E-state index contributed by atoms with van der Waals surface area (Å²) in [6, 6.07) is 2.53. The Kier molecular flexibility index (Phi) is 4.15. The molecular weight excluding hydrogens is 324 g/mol. The van der Waals surface area contributed by atoms with E-state index in [4.69, 9.17) is 4.52 Å². The largest absolute Gasteiger partial charge is 0.355 e. The van der Waals surface area contributed by atoms with Crippen molar-refractivity contribution in [2.45, 2.75) is 32.4 Å². The van der Waals surface area contributed by atoms with E-state index in [9.17, 15) is 0 Å². The van der Waals surface area contributed by atoms with Crippen LogP contribution < -0.4 is 4.90 Å². The molecule has 1 fully saturated rings. The van der Waals surface area contributed by atoms with Gasteiger partial charge in [0.1, 0.15) is 17.0 Å². The first-order chi connectivity index (χ1) is 11.7. The van der Waals surface area contributed by atoms with Crippen LogP contribution in [0.2, 0.25) is 0 Å². The van der Waals surface area contributed by atoms with Gasteiger partial charge in [0.05, 0.1) is 11.9 Å². The molecule has 24 heavy (non-hydrogen) atoms. The molecule has 0 radical (unpaired) electrons. The highest BCUT2D eigenvalue weighted by atomic mass is 32.1. The van der Waals surface area contributed by atoms with Crippen LogP contribution in [0.15, 0.2) is 22.3 Å². The van der Waals surface area contributed by atoms with Gasteiger partial charge in [0.15, 0.2) is 5.82 Å². The number of likely N-dealkylation sites (N-methyl/N-ethyl adjacent to an activating group) is 1. The van der Waals surface area contributed by atoms with Crippen LogP contribution in [0.5, 0.6) is 0 Å². The van der Waals surface area contributed by atoms with Gasteiger partial charge < -0.3 is 9.42 Å². The van der Waals surface area contributed by atoms with E-state index in [1.165, 1.54) is 0 Å². The van der Waals surface area contributed by atoms with Gasteiger partial charge in [0.25, 0.3) is 0 Å². The first-order valence-corrected chi connectivity index (χ1v) is 9.01. The molecule has 8 heteroatoms. The highest BCUT2D eigenvalue weighted by molar-refractivity contribution is 7.16. The number of fused-ring (bicyclic) bond motifs is 1. The number of anilines is 1. The maximum absolute atomic E-state index is 5.07. The number of nitrogens with zero attached hydrogens (tertiary/aromatic N) is 6. The van der Waals surface area contributed by atoms with Crippen LogP contribution in [-0.2, 0) is 6.54 Å². The topological polar surface area (TPSA) is 71.2 Å². The van der Waals surface area contributed by atoms with Gasteiger partial charge in [-0.05, 0) is 30.8 Å². The Morgan fingerprint density at radius 3 is 3.17 bits per heavy atom. The minimum absolute atomic E-state index is 0.421. The molecule has 7 nitrogen and oxygen atoms in total. The molecule has 3 aromatic heterocycles. The predicted molar refractivity (Wildman–Crippen MR) is 93.2 cm³/mol. The molecule has 1 aliphatic heterocycles. The molecule has 126 valence electrons. The third-order valence-electron chi connectivity index (χ3n) is 4.54. The van der Waals surface area contributed by atoms with E-state index in [1.54, 1.807) is 17.7 Å². The summed E-state index contributed by atoms with van der Waals surface area (Å²) in [5, 5.41) is 7.22. The predicted octanol–water partition coefficient (Wildman–Crippen LogP) is 2.48. The summed E-state index contributed by atoms with van der Waals surface area (Å²) in [7, 11) is 2.13. The molecule has 1 atom stereocenters. The molecule has 0 spiro atoms. The maximum atomic E-state index is 5.07. The molecular formula is C16H20N6OS. The van der Waals surface area contributed by atoms with E-state index in [0.29, 0.717) is 11.9 Å². The van der Waals surface area contributed by atoms with Crippen molar-refractivity contribution in [1.29, 1.82) is 0 Å². The lowest BCUT2D eigenvalue weighted by molar-refractivity contribution is 0.192. The summed E-state index contributed by atoms with van der Waals surface area (Å²) < 4.78 is 5.07. The number of thiophene rings is 1. The van der Waals surface area contributed by atoms with Gasteiger partial charge in [-0.15, -0.1) is 11.3 Å². The third-order valence-corrected chi connectivity index (χ3v) is 5.36. The Labute approximate surface area is 144 Å². The molecule has 0 N–H and O–H groups in total. The zero-order valence-corrected chi connectivity index (χ0v) is 14.7. The lowest BCUT2D eigenvalue weighted by Gasteiger charge is -2.37. The first-order valence-electron chi connectivity index (χ1n) is 8.13. The maximum Gasteiger partial charge on any atom is 0.223 e. The number of aryl methyl sites for hydroxylation is 1. The first kappa shape index (κ1) is 15.5. The minimum atomic E-state index is 0.421. The van der Waals surface area contributed by atoms with E-state index in [2.05, 4.69) is 48.4 Å². The Morgan fingerprint density at radius 1 is 1.42 bits per heavy atom. The van der Waals surface area contributed by atoms with Crippen LogP contribution in [0.1, 0.15) is 24.6 Å².